The van der Waals surface area contributed by atoms with E-state index in [1.54, 1.807) is 19.2 Å². The SMILES string of the molecule is COc1ccc(C[C@H](C)NC[C@@H](O)c2ccc(O)c(NC=O)c2)cc1.Cl. The maximum absolute atomic E-state index is 10.5. The van der Waals surface area contributed by atoms with Gasteiger partial charge in [-0.25, -0.2) is 0 Å². The minimum Gasteiger partial charge on any atom is -0.506 e. The Morgan fingerprint density at radius 3 is 2.50 bits per heavy atom. The van der Waals surface area contributed by atoms with Crippen molar-refractivity contribution < 1.29 is 19.7 Å². The number of phenols is 1. The van der Waals surface area contributed by atoms with Crippen molar-refractivity contribution in [1.82, 2.24) is 5.32 Å². The van der Waals surface area contributed by atoms with Crippen LogP contribution in [0.15, 0.2) is 42.5 Å². The number of halogens is 1. The number of methoxy groups -OCH3 is 1. The highest BCUT2D eigenvalue weighted by Crippen LogP contribution is 2.26. The maximum Gasteiger partial charge on any atom is 0.211 e. The van der Waals surface area contributed by atoms with E-state index in [2.05, 4.69) is 10.6 Å². The third-order valence-electron chi connectivity index (χ3n) is 3.98. The number of aliphatic hydroxyl groups excluding tert-OH is 1. The lowest BCUT2D eigenvalue weighted by atomic mass is 10.1. The second-order valence-electron chi connectivity index (χ2n) is 5.92. The van der Waals surface area contributed by atoms with Crippen molar-refractivity contribution in [2.75, 3.05) is 19.0 Å². The fraction of sp³-hybridized carbons (Fsp3) is 0.316. The van der Waals surface area contributed by atoms with Crippen LogP contribution in [0.5, 0.6) is 11.5 Å². The molecule has 0 saturated carbocycles. The van der Waals surface area contributed by atoms with Gasteiger partial charge in [-0.1, -0.05) is 18.2 Å². The van der Waals surface area contributed by atoms with E-state index in [4.69, 9.17) is 4.74 Å². The summed E-state index contributed by atoms with van der Waals surface area (Å²) in [6.45, 7) is 2.41. The van der Waals surface area contributed by atoms with Gasteiger partial charge in [0, 0.05) is 12.6 Å². The molecule has 0 radical (unpaired) electrons. The number of carbonyl (C=O) groups is 1. The quantitative estimate of drug-likeness (QED) is 0.396. The first-order valence-corrected chi connectivity index (χ1v) is 8.11. The van der Waals surface area contributed by atoms with Crippen molar-refractivity contribution >= 4 is 24.5 Å². The number of phenolic OH excluding ortho intramolecular Hbond substituents is 1. The van der Waals surface area contributed by atoms with Gasteiger partial charge in [-0.2, -0.15) is 0 Å². The van der Waals surface area contributed by atoms with Gasteiger partial charge in [0.15, 0.2) is 0 Å². The van der Waals surface area contributed by atoms with E-state index in [1.165, 1.54) is 11.6 Å². The molecule has 0 spiro atoms. The molecule has 7 heteroatoms. The summed E-state index contributed by atoms with van der Waals surface area (Å²) in [5, 5.41) is 25.6. The maximum atomic E-state index is 10.5. The number of benzene rings is 2. The molecule has 142 valence electrons. The van der Waals surface area contributed by atoms with Gasteiger partial charge in [0.25, 0.3) is 0 Å². The zero-order chi connectivity index (χ0) is 18.2. The molecule has 26 heavy (non-hydrogen) atoms. The molecule has 0 bridgehead atoms. The molecule has 0 fully saturated rings. The Balaban J connectivity index is 0.00000338. The number of amides is 1. The molecular weight excluding hydrogens is 356 g/mol. The van der Waals surface area contributed by atoms with Crippen LogP contribution in [0.4, 0.5) is 5.69 Å². The summed E-state index contributed by atoms with van der Waals surface area (Å²) < 4.78 is 5.14. The van der Waals surface area contributed by atoms with E-state index in [0.29, 0.717) is 18.5 Å². The van der Waals surface area contributed by atoms with Crippen LogP contribution in [0.25, 0.3) is 0 Å². The second kappa shape index (κ2) is 10.7. The molecule has 2 atom stereocenters. The Hall–Kier alpha value is -2.28. The Morgan fingerprint density at radius 1 is 1.19 bits per heavy atom. The summed E-state index contributed by atoms with van der Waals surface area (Å²) in [7, 11) is 1.64. The number of anilines is 1. The molecule has 1 amide bonds. The third-order valence-corrected chi connectivity index (χ3v) is 3.98. The highest BCUT2D eigenvalue weighted by atomic mass is 35.5. The van der Waals surface area contributed by atoms with Crippen LogP contribution in [0.2, 0.25) is 0 Å². The molecule has 6 nitrogen and oxygen atoms in total. The molecule has 0 aromatic heterocycles. The van der Waals surface area contributed by atoms with Gasteiger partial charge in [-0.15, -0.1) is 12.4 Å². The summed E-state index contributed by atoms with van der Waals surface area (Å²) in [5.41, 5.74) is 2.07. The molecule has 0 saturated heterocycles. The summed E-state index contributed by atoms with van der Waals surface area (Å²) in [6.07, 6.45) is 0.566. The molecule has 2 rings (SSSR count). The summed E-state index contributed by atoms with van der Waals surface area (Å²) >= 11 is 0. The minimum atomic E-state index is -0.744. The average Bonchev–Trinajstić information content (AvgIpc) is 2.62. The van der Waals surface area contributed by atoms with E-state index in [9.17, 15) is 15.0 Å². The van der Waals surface area contributed by atoms with E-state index in [1.807, 2.05) is 31.2 Å². The fourth-order valence-corrected chi connectivity index (χ4v) is 2.56. The lowest BCUT2D eigenvalue weighted by Crippen LogP contribution is -2.32. The molecule has 0 heterocycles. The normalized spacial score (nSPS) is 12.6. The number of hydrogen-bond acceptors (Lipinski definition) is 5. The van der Waals surface area contributed by atoms with E-state index < -0.39 is 6.10 Å². The van der Waals surface area contributed by atoms with Crippen LogP contribution in [0.3, 0.4) is 0 Å². The zero-order valence-corrected chi connectivity index (χ0v) is 15.6. The first-order chi connectivity index (χ1) is 12.0. The predicted octanol–water partition coefficient (Wildman–Crippen LogP) is 2.65. The van der Waals surface area contributed by atoms with Gasteiger partial charge in [0.2, 0.25) is 6.41 Å². The second-order valence-corrected chi connectivity index (χ2v) is 5.92. The number of aromatic hydroxyl groups is 1. The van der Waals surface area contributed by atoms with Gasteiger partial charge < -0.3 is 25.6 Å². The van der Waals surface area contributed by atoms with Gasteiger partial charge >= 0.3 is 0 Å². The van der Waals surface area contributed by atoms with Crippen LogP contribution >= 0.6 is 12.4 Å². The lowest BCUT2D eigenvalue weighted by Gasteiger charge is -2.18. The molecule has 0 unspecified atom stereocenters. The van der Waals surface area contributed by atoms with Crippen LogP contribution < -0.4 is 15.4 Å². The Kier molecular flexibility index (Phi) is 8.92. The summed E-state index contributed by atoms with van der Waals surface area (Å²) in [5.74, 6) is 0.788. The smallest absolute Gasteiger partial charge is 0.211 e. The van der Waals surface area contributed by atoms with Crippen molar-refractivity contribution in [3.05, 3.63) is 53.6 Å². The predicted molar refractivity (Wildman–Crippen MR) is 104 cm³/mol. The number of aliphatic hydroxyl groups is 1. The monoisotopic (exact) mass is 380 g/mol. The number of ether oxygens (including phenoxy) is 1. The summed E-state index contributed by atoms with van der Waals surface area (Å²) in [6, 6.07) is 12.7. The highest BCUT2D eigenvalue weighted by Gasteiger charge is 2.12. The van der Waals surface area contributed by atoms with Gasteiger partial charge in [-0.3, -0.25) is 4.79 Å². The first kappa shape index (κ1) is 21.8. The van der Waals surface area contributed by atoms with E-state index >= 15 is 0 Å². The molecular formula is C19H25ClN2O4. The minimum absolute atomic E-state index is 0. The van der Waals surface area contributed by atoms with Gasteiger partial charge in [0.1, 0.15) is 11.5 Å². The average molecular weight is 381 g/mol. The van der Waals surface area contributed by atoms with E-state index in [-0.39, 0.29) is 29.9 Å². The van der Waals surface area contributed by atoms with Gasteiger partial charge in [-0.05, 0) is 48.7 Å². The number of rotatable bonds is 9. The zero-order valence-electron chi connectivity index (χ0n) is 14.8. The van der Waals surface area contributed by atoms with Crippen LogP contribution in [-0.2, 0) is 11.2 Å². The van der Waals surface area contributed by atoms with Crippen molar-refractivity contribution in [2.45, 2.75) is 25.5 Å². The number of nitrogens with one attached hydrogen (secondary N) is 2. The summed E-state index contributed by atoms with van der Waals surface area (Å²) in [4.78, 5) is 10.5. The molecule has 2 aromatic rings. The van der Waals surface area contributed by atoms with Crippen LogP contribution in [-0.4, -0.2) is 36.3 Å². The van der Waals surface area contributed by atoms with Crippen molar-refractivity contribution in [3.63, 3.8) is 0 Å². The molecule has 0 aliphatic rings. The Morgan fingerprint density at radius 2 is 1.88 bits per heavy atom. The van der Waals surface area contributed by atoms with E-state index in [0.717, 1.165) is 12.2 Å². The molecule has 2 aromatic carbocycles. The largest absolute Gasteiger partial charge is 0.506 e. The number of carbonyl (C=O) groups excluding carboxylic acids is 1. The standard InChI is InChI=1S/C19H24N2O4.ClH/c1-13(9-14-3-6-16(25-2)7-4-14)20-11-19(24)15-5-8-18(23)17(10-15)21-12-22;/h3-8,10,12-13,19-20,23-24H,9,11H2,1-2H3,(H,21,22);1H/t13-,19+;/m0./s1. The topological polar surface area (TPSA) is 90.8 Å². The molecule has 0 aliphatic heterocycles. The molecule has 4 N–H and O–H groups in total. The highest BCUT2D eigenvalue weighted by molar-refractivity contribution is 5.85. The fourth-order valence-electron chi connectivity index (χ4n) is 2.56. The van der Waals surface area contributed by atoms with Crippen LogP contribution in [0, 0.1) is 0 Å². The van der Waals surface area contributed by atoms with Crippen LogP contribution in [0.1, 0.15) is 24.2 Å². The van der Waals surface area contributed by atoms with Crippen molar-refractivity contribution in [1.29, 1.82) is 0 Å². The Labute approximate surface area is 159 Å². The van der Waals surface area contributed by atoms with Crippen molar-refractivity contribution in [2.24, 2.45) is 0 Å². The van der Waals surface area contributed by atoms with Gasteiger partial charge in [0.05, 0.1) is 18.9 Å². The lowest BCUT2D eigenvalue weighted by molar-refractivity contribution is -0.105. The molecule has 0 aliphatic carbocycles. The third kappa shape index (κ3) is 6.22. The first-order valence-electron chi connectivity index (χ1n) is 8.11. The Bertz CT molecular complexity index is 694. The number of hydrogen-bond donors (Lipinski definition) is 4. The van der Waals surface area contributed by atoms with Crippen molar-refractivity contribution in [3.8, 4) is 11.5 Å².